The number of aliphatic hydroxyl groups is 1. The Labute approximate surface area is 188 Å². The Balaban J connectivity index is 0.00000300. The van der Waals surface area contributed by atoms with Crippen molar-refractivity contribution in [1.29, 1.82) is 0 Å². The zero-order valence-electron chi connectivity index (χ0n) is 16.5. The van der Waals surface area contributed by atoms with Crippen molar-refractivity contribution >= 4 is 29.9 Å². The van der Waals surface area contributed by atoms with Crippen LogP contribution in [0.3, 0.4) is 0 Å². The fourth-order valence-electron chi connectivity index (χ4n) is 3.13. The lowest BCUT2D eigenvalue weighted by Gasteiger charge is -2.27. The first-order chi connectivity index (χ1) is 13.6. The molecule has 1 fully saturated rings. The van der Waals surface area contributed by atoms with E-state index in [4.69, 9.17) is 4.74 Å². The molecule has 1 heterocycles. The van der Waals surface area contributed by atoms with Crippen molar-refractivity contribution in [2.45, 2.75) is 51.3 Å². The first kappa shape index (κ1) is 23.3. The first-order valence-corrected chi connectivity index (χ1v) is 9.73. The maximum Gasteiger partial charge on any atom is 0.219 e. The van der Waals surface area contributed by atoms with E-state index in [-0.39, 0.29) is 35.9 Å². The van der Waals surface area contributed by atoms with Crippen molar-refractivity contribution in [3.8, 4) is 11.6 Å². The normalized spacial score (nSPS) is 19.2. The highest BCUT2D eigenvalue weighted by molar-refractivity contribution is 14.0. The molecular weight excluding hydrogens is 486 g/mol. The number of rotatable bonds is 6. The number of nitrogens with zero attached hydrogens (tertiary/aromatic N) is 2. The summed E-state index contributed by atoms with van der Waals surface area (Å²) in [5.41, 5.74) is 0.961. The van der Waals surface area contributed by atoms with Crippen molar-refractivity contribution in [2.75, 3.05) is 6.54 Å². The van der Waals surface area contributed by atoms with Crippen LogP contribution >= 0.6 is 24.0 Å². The third-order valence-corrected chi connectivity index (χ3v) is 4.64. The molecule has 8 heteroatoms. The van der Waals surface area contributed by atoms with Crippen LogP contribution in [-0.2, 0) is 6.54 Å². The van der Waals surface area contributed by atoms with Gasteiger partial charge in [0.05, 0.1) is 12.6 Å². The molecule has 0 bridgehead atoms. The molecule has 2 aromatic rings. The fourth-order valence-corrected chi connectivity index (χ4v) is 3.13. The molecule has 1 saturated carbocycles. The average Bonchev–Trinajstić information content (AvgIpc) is 2.70. The number of hydrogen-bond acceptors (Lipinski definition) is 4. The van der Waals surface area contributed by atoms with Crippen LogP contribution < -0.4 is 15.4 Å². The van der Waals surface area contributed by atoms with Gasteiger partial charge in [-0.2, -0.15) is 0 Å². The summed E-state index contributed by atoms with van der Waals surface area (Å²) in [6.45, 7) is 3.28. The molecule has 0 amide bonds. The molecule has 6 nitrogen and oxygen atoms in total. The molecule has 1 aromatic carbocycles. The second kappa shape index (κ2) is 11.9. The van der Waals surface area contributed by atoms with Crippen LogP contribution in [0.2, 0.25) is 0 Å². The Hall–Kier alpha value is -1.94. The molecule has 0 unspecified atom stereocenters. The third kappa shape index (κ3) is 7.77. The molecule has 3 rings (SSSR count). The van der Waals surface area contributed by atoms with E-state index in [0.29, 0.717) is 24.2 Å². The Morgan fingerprint density at radius 2 is 1.93 bits per heavy atom. The molecule has 1 aromatic heterocycles. The van der Waals surface area contributed by atoms with Crippen LogP contribution in [0.15, 0.2) is 47.6 Å². The van der Waals surface area contributed by atoms with Gasteiger partial charge in [0.15, 0.2) is 5.96 Å². The second-order valence-corrected chi connectivity index (χ2v) is 6.90. The second-order valence-electron chi connectivity index (χ2n) is 6.90. The molecule has 3 N–H and O–H groups in total. The van der Waals surface area contributed by atoms with Gasteiger partial charge in [0.2, 0.25) is 5.88 Å². The Kier molecular flexibility index (Phi) is 9.59. The maximum absolute atomic E-state index is 13.0. The molecule has 0 radical (unpaired) electrons. The quantitative estimate of drug-likeness (QED) is 0.309. The summed E-state index contributed by atoms with van der Waals surface area (Å²) < 4.78 is 18.7. The summed E-state index contributed by atoms with van der Waals surface area (Å²) in [7, 11) is 0. The van der Waals surface area contributed by atoms with Gasteiger partial charge in [-0.05, 0) is 68.5 Å². The van der Waals surface area contributed by atoms with Gasteiger partial charge in [-0.1, -0.05) is 0 Å². The molecule has 0 spiro atoms. The van der Waals surface area contributed by atoms with Crippen LogP contribution in [-0.4, -0.2) is 34.7 Å². The number of hydrogen-bond donors (Lipinski definition) is 3. The monoisotopic (exact) mass is 514 g/mol. The number of nitrogens with one attached hydrogen (secondary N) is 2. The number of pyridine rings is 1. The minimum atomic E-state index is -0.306. The van der Waals surface area contributed by atoms with Gasteiger partial charge in [-0.25, -0.2) is 14.4 Å². The number of guanidine groups is 1. The number of aliphatic imine (C=N–C) groups is 1. The van der Waals surface area contributed by atoms with E-state index in [2.05, 4.69) is 20.6 Å². The topological polar surface area (TPSA) is 78.8 Å². The van der Waals surface area contributed by atoms with Crippen LogP contribution in [0.1, 0.15) is 38.2 Å². The van der Waals surface area contributed by atoms with E-state index in [9.17, 15) is 9.50 Å². The summed E-state index contributed by atoms with van der Waals surface area (Å²) >= 11 is 0. The highest BCUT2D eigenvalue weighted by atomic mass is 127. The largest absolute Gasteiger partial charge is 0.439 e. The van der Waals surface area contributed by atoms with Gasteiger partial charge >= 0.3 is 0 Å². The molecule has 29 heavy (non-hydrogen) atoms. The highest BCUT2D eigenvalue weighted by Gasteiger charge is 2.19. The predicted octanol–water partition coefficient (Wildman–Crippen LogP) is 3.99. The van der Waals surface area contributed by atoms with Crippen molar-refractivity contribution in [2.24, 2.45) is 4.99 Å². The van der Waals surface area contributed by atoms with Crippen LogP contribution in [0.25, 0.3) is 0 Å². The van der Waals surface area contributed by atoms with E-state index in [1.165, 1.54) is 12.1 Å². The average molecular weight is 514 g/mol. The van der Waals surface area contributed by atoms with Crippen molar-refractivity contribution in [3.05, 3.63) is 54.0 Å². The zero-order chi connectivity index (χ0) is 19.8. The van der Waals surface area contributed by atoms with Crippen LogP contribution in [0, 0.1) is 5.82 Å². The van der Waals surface area contributed by atoms with E-state index in [1.54, 1.807) is 18.3 Å². The van der Waals surface area contributed by atoms with Gasteiger partial charge < -0.3 is 20.5 Å². The van der Waals surface area contributed by atoms with E-state index >= 15 is 0 Å². The van der Waals surface area contributed by atoms with Gasteiger partial charge in [0, 0.05) is 24.8 Å². The molecule has 158 valence electrons. The minimum Gasteiger partial charge on any atom is -0.439 e. The maximum atomic E-state index is 13.0. The number of halogens is 2. The molecule has 0 aliphatic heterocycles. The van der Waals surface area contributed by atoms with E-state index < -0.39 is 0 Å². The van der Waals surface area contributed by atoms with Gasteiger partial charge in [0.1, 0.15) is 11.6 Å². The number of benzene rings is 1. The fraction of sp³-hybridized carbons (Fsp3) is 0.429. The van der Waals surface area contributed by atoms with Crippen molar-refractivity contribution < 1.29 is 14.2 Å². The first-order valence-electron chi connectivity index (χ1n) is 9.73. The molecular formula is C21H28FIN4O2. The third-order valence-electron chi connectivity index (χ3n) is 4.64. The summed E-state index contributed by atoms with van der Waals surface area (Å²) in [6.07, 6.45) is 5.03. The Morgan fingerprint density at radius 3 is 2.62 bits per heavy atom. The van der Waals surface area contributed by atoms with Gasteiger partial charge in [-0.3, -0.25) is 0 Å². The standard InChI is InChI=1S/C21H27FN4O2.HI/c1-2-23-21(26-17-5-7-18(27)8-6-17)25-14-15-11-12-24-20(13-15)28-19-9-3-16(22)4-10-19;/h3-4,9-13,17-18,27H,2,5-8,14H2,1H3,(H2,23,25,26);1H. The smallest absolute Gasteiger partial charge is 0.219 e. The molecule has 0 saturated heterocycles. The number of aromatic nitrogens is 1. The predicted molar refractivity (Wildman–Crippen MR) is 122 cm³/mol. The summed E-state index contributed by atoms with van der Waals surface area (Å²) in [6, 6.07) is 9.88. The van der Waals surface area contributed by atoms with Crippen molar-refractivity contribution in [3.63, 3.8) is 0 Å². The zero-order valence-corrected chi connectivity index (χ0v) is 18.8. The molecule has 1 aliphatic carbocycles. The lowest BCUT2D eigenvalue weighted by molar-refractivity contribution is 0.120. The lowest BCUT2D eigenvalue weighted by Crippen LogP contribution is -2.45. The van der Waals surface area contributed by atoms with Crippen molar-refractivity contribution in [1.82, 2.24) is 15.6 Å². The highest BCUT2D eigenvalue weighted by Crippen LogP contribution is 2.21. The lowest BCUT2D eigenvalue weighted by atomic mass is 9.93. The summed E-state index contributed by atoms with van der Waals surface area (Å²) in [5.74, 6) is 1.43. The molecule has 1 aliphatic rings. The van der Waals surface area contributed by atoms with Gasteiger partial charge in [-0.15, -0.1) is 24.0 Å². The molecule has 0 atom stereocenters. The number of ether oxygens (including phenoxy) is 1. The SMILES string of the molecule is CCNC(=NCc1ccnc(Oc2ccc(F)cc2)c1)NC1CCC(O)CC1.I. The van der Waals surface area contributed by atoms with Gasteiger partial charge in [0.25, 0.3) is 0 Å². The van der Waals surface area contributed by atoms with Crippen LogP contribution in [0.5, 0.6) is 11.6 Å². The van der Waals surface area contributed by atoms with Crippen LogP contribution in [0.4, 0.5) is 4.39 Å². The Bertz CT molecular complexity index is 781. The summed E-state index contributed by atoms with van der Waals surface area (Å²) in [4.78, 5) is 8.86. The van der Waals surface area contributed by atoms with E-state index in [0.717, 1.165) is 43.8 Å². The van der Waals surface area contributed by atoms with E-state index in [1.807, 2.05) is 19.1 Å². The summed E-state index contributed by atoms with van der Waals surface area (Å²) in [5, 5.41) is 16.4. The Morgan fingerprint density at radius 1 is 1.21 bits per heavy atom. The number of aliphatic hydroxyl groups excluding tert-OH is 1. The minimum absolute atomic E-state index is 0.